The molecule has 7 N–H and O–H groups in total. The maximum Gasteiger partial charge on any atom is 0.326 e. The van der Waals surface area contributed by atoms with E-state index in [2.05, 4.69) is 21.3 Å². The molecule has 0 aliphatic rings. The van der Waals surface area contributed by atoms with Crippen LogP contribution >= 0.6 is 0 Å². The van der Waals surface area contributed by atoms with E-state index >= 15 is 0 Å². The molecular weight excluding hydrogens is 460 g/mol. The quantitative estimate of drug-likeness (QED) is 0.217. The first kappa shape index (κ1) is 26.6. The van der Waals surface area contributed by atoms with Crippen LogP contribution in [0.25, 0.3) is 0 Å². The summed E-state index contributed by atoms with van der Waals surface area (Å²) < 4.78 is 0. The van der Waals surface area contributed by atoms with Gasteiger partial charge in [0.15, 0.2) is 0 Å². The van der Waals surface area contributed by atoms with Gasteiger partial charge < -0.3 is 36.6 Å². The summed E-state index contributed by atoms with van der Waals surface area (Å²) in [5.41, 5.74) is 1.34. The molecule has 2 atom stereocenters. The van der Waals surface area contributed by atoms with Gasteiger partial charge in [-0.15, -0.1) is 0 Å². The Hall–Kier alpha value is -4.61. The molecule has 0 aromatic heterocycles. The standard InChI is InChI=1S/C23H26N4O8/c28-16-8-6-14(7-9-16)10-18(22(33)34)27-21(32)17(11-20(30)31)26-19(29)13-25-23(35)24-12-15-4-2-1-3-5-15/h1-9,17-18,28H,10-13H2,(H,26,29)(H,27,32)(H,30,31)(H,33,34)(H2,24,25,35)/t17-,18+/m0/s1. The summed E-state index contributed by atoms with van der Waals surface area (Å²) in [6, 6.07) is 11.0. The maximum atomic E-state index is 12.6. The highest BCUT2D eigenvalue weighted by Crippen LogP contribution is 2.11. The Morgan fingerprint density at radius 1 is 0.771 bits per heavy atom. The average Bonchev–Trinajstić information content (AvgIpc) is 2.82. The molecule has 0 saturated heterocycles. The third-order valence-electron chi connectivity index (χ3n) is 4.73. The van der Waals surface area contributed by atoms with Crippen molar-refractivity contribution < 1.29 is 39.3 Å². The Kier molecular flexibility index (Phi) is 10.0. The van der Waals surface area contributed by atoms with Crippen LogP contribution in [0.1, 0.15) is 17.5 Å². The number of phenolic OH excluding ortho intramolecular Hbond substituents is 1. The highest BCUT2D eigenvalue weighted by atomic mass is 16.4. The fraction of sp³-hybridized carbons (Fsp3) is 0.261. The predicted octanol–water partition coefficient (Wildman–Crippen LogP) is -0.0370. The molecule has 0 aliphatic carbocycles. The Morgan fingerprint density at radius 2 is 1.43 bits per heavy atom. The minimum atomic E-state index is -1.57. The van der Waals surface area contributed by atoms with Crippen molar-refractivity contribution in [2.45, 2.75) is 31.5 Å². The van der Waals surface area contributed by atoms with Crippen molar-refractivity contribution in [3.8, 4) is 5.75 Å². The number of carboxylic acids is 2. The molecule has 2 rings (SSSR count). The molecule has 0 aliphatic heterocycles. The van der Waals surface area contributed by atoms with Crippen molar-refractivity contribution in [1.29, 1.82) is 0 Å². The van der Waals surface area contributed by atoms with Crippen molar-refractivity contribution in [2.75, 3.05) is 6.54 Å². The van der Waals surface area contributed by atoms with E-state index in [0.717, 1.165) is 5.56 Å². The van der Waals surface area contributed by atoms with Gasteiger partial charge in [-0.2, -0.15) is 0 Å². The molecule has 0 radical (unpaired) electrons. The second-order valence-electron chi connectivity index (χ2n) is 7.51. The Balaban J connectivity index is 1.90. The van der Waals surface area contributed by atoms with Crippen molar-refractivity contribution in [1.82, 2.24) is 21.3 Å². The van der Waals surface area contributed by atoms with Gasteiger partial charge in [-0.3, -0.25) is 14.4 Å². The molecule has 0 heterocycles. The van der Waals surface area contributed by atoms with Crippen molar-refractivity contribution >= 4 is 29.8 Å². The number of rotatable bonds is 12. The van der Waals surface area contributed by atoms with Crippen molar-refractivity contribution in [3.05, 3.63) is 65.7 Å². The Labute approximate surface area is 200 Å². The molecule has 0 spiro atoms. The van der Waals surface area contributed by atoms with Gasteiger partial charge in [-0.1, -0.05) is 42.5 Å². The first-order valence-electron chi connectivity index (χ1n) is 10.5. The van der Waals surface area contributed by atoms with Gasteiger partial charge in [-0.05, 0) is 23.3 Å². The number of hydrogen-bond donors (Lipinski definition) is 7. The van der Waals surface area contributed by atoms with Gasteiger partial charge in [-0.25, -0.2) is 9.59 Å². The number of carboxylic acid groups (broad SMARTS) is 2. The summed E-state index contributed by atoms with van der Waals surface area (Å²) >= 11 is 0. The lowest BCUT2D eigenvalue weighted by Gasteiger charge is -2.20. The highest BCUT2D eigenvalue weighted by Gasteiger charge is 2.28. The summed E-state index contributed by atoms with van der Waals surface area (Å²) in [5.74, 6) is -4.64. The van der Waals surface area contributed by atoms with E-state index in [4.69, 9.17) is 5.11 Å². The summed E-state index contributed by atoms with van der Waals surface area (Å²) in [7, 11) is 0. The first-order chi connectivity index (χ1) is 16.6. The molecule has 2 aromatic carbocycles. The molecule has 12 heteroatoms. The normalized spacial score (nSPS) is 12.0. The third kappa shape index (κ3) is 9.82. The van der Waals surface area contributed by atoms with Crippen LogP contribution in [-0.4, -0.2) is 63.7 Å². The van der Waals surface area contributed by atoms with Gasteiger partial charge >= 0.3 is 18.0 Å². The number of aromatic hydroxyl groups is 1. The molecular formula is C23H26N4O8. The molecule has 186 valence electrons. The number of nitrogens with one attached hydrogen (secondary N) is 4. The molecule has 35 heavy (non-hydrogen) atoms. The number of aliphatic carboxylic acids is 2. The summed E-state index contributed by atoms with van der Waals surface area (Å²) in [5, 5.41) is 37.1. The lowest BCUT2D eigenvalue weighted by atomic mass is 10.0. The average molecular weight is 486 g/mol. The fourth-order valence-corrected chi connectivity index (χ4v) is 2.97. The molecule has 0 bridgehead atoms. The van der Waals surface area contributed by atoms with E-state index in [0.29, 0.717) is 5.56 Å². The maximum absolute atomic E-state index is 12.6. The number of benzene rings is 2. The predicted molar refractivity (Wildman–Crippen MR) is 122 cm³/mol. The van der Waals surface area contributed by atoms with E-state index in [1.54, 1.807) is 24.3 Å². The van der Waals surface area contributed by atoms with E-state index in [1.165, 1.54) is 24.3 Å². The van der Waals surface area contributed by atoms with Gasteiger partial charge in [0.1, 0.15) is 17.8 Å². The fourth-order valence-electron chi connectivity index (χ4n) is 2.97. The topological polar surface area (TPSA) is 194 Å². The van der Waals surface area contributed by atoms with Gasteiger partial charge in [0.05, 0.1) is 13.0 Å². The molecule has 0 unspecified atom stereocenters. The van der Waals surface area contributed by atoms with E-state index in [-0.39, 0.29) is 18.7 Å². The second kappa shape index (κ2) is 13.2. The van der Waals surface area contributed by atoms with Crippen LogP contribution in [0.5, 0.6) is 5.75 Å². The largest absolute Gasteiger partial charge is 0.508 e. The zero-order chi connectivity index (χ0) is 25.8. The number of hydrogen-bond acceptors (Lipinski definition) is 6. The van der Waals surface area contributed by atoms with E-state index in [1.807, 2.05) is 6.07 Å². The Bertz CT molecular complexity index is 1040. The SMILES string of the molecule is O=C(O)C[C@H](NC(=O)CNC(=O)NCc1ccccc1)C(=O)N[C@H](Cc1ccc(O)cc1)C(=O)O. The van der Waals surface area contributed by atoms with Crippen LogP contribution in [0, 0.1) is 0 Å². The number of urea groups is 1. The van der Waals surface area contributed by atoms with Gasteiger partial charge in [0.2, 0.25) is 11.8 Å². The summed E-state index contributed by atoms with van der Waals surface area (Å²) in [6.07, 6.45) is -0.943. The molecule has 12 nitrogen and oxygen atoms in total. The molecule has 0 fully saturated rings. The van der Waals surface area contributed by atoms with Crippen LogP contribution in [0.3, 0.4) is 0 Å². The molecule has 0 saturated carbocycles. The van der Waals surface area contributed by atoms with Crippen LogP contribution in [-0.2, 0) is 32.1 Å². The van der Waals surface area contributed by atoms with Crippen LogP contribution in [0.2, 0.25) is 0 Å². The zero-order valence-electron chi connectivity index (χ0n) is 18.6. The van der Waals surface area contributed by atoms with Crippen molar-refractivity contribution in [2.24, 2.45) is 0 Å². The van der Waals surface area contributed by atoms with Crippen molar-refractivity contribution in [3.63, 3.8) is 0 Å². The zero-order valence-corrected chi connectivity index (χ0v) is 18.6. The second-order valence-corrected chi connectivity index (χ2v) is 7.51. The minimum absolute atomic E-state index is 0.0174. The smallest absolute Gasteiger partial charge is 0.326 e. The lowest BCUT2D eigenvalue weighted by Crippen LogP contribution is -2.54. The number of carbonyl (C=O) groups excluding carboxylic acids is 3. The number of amides is 4. The summed E-state index contributed by atoms with van der Waals surface area (Å²) in [4.78, 5) is 59.4. The minimum Gasteiger partial charge on any atom is -0.508 e. The third-order valence-corrected chi connectivity index (χ3v) is 4.73. The molecule has 4 amide bonds. The van der Waals surface area contributed by atoms with Gasteiger partial charge in [0, 0.05) is 13.0 Å². The highest BCUT2D eigenvalue weighted by molar-refractivity contribution is 5.94. The van der Waals surface area contributed by atoms with Gasteiger partial charge in [0.25, 0.3) is 0 Å². The van der Waals surface area contributed by atoms with E-state index in [9.17, 15) is 34.2 Å². The number of carbonyl (C=O) groups is 5. The lowest BCUT2D eigenvalue weighted by molar-refractivity contribution is -0.143. The monoisotopic (exact) mass is 486 g/mol. The summed E-state index contributed by atoms with van der Waals surface area (Å²) in [6.45, 7) is -0.324. The van der Waals surface area contributed by atoms with E-state index < -0.39 is 54.8 Å². The molecule has 2 aromatic rings. The van der Waals surface area contributed by atoms with Crippen LogP contribution < -0.4 is 21.3 Å². The Morgan fingerprint density at radius 3 is 2.03 bits per heavy atom. The first-order valence-corrected chi connectivity index (χ1v) is 10.5. The van der Waals surface area contributed by atoms with Crippen LogP contribution in [0.4, 0.5) is 4.79 Å². The number of phenols is 1. The van der Waals surface area contributed by atoms with Crippen LogP contribution in [0.15, 0.2) is 54.6 Å².